The lowest BCUT2D eigenvalue weighted by Crippen LogP contribution is -2.59. The molecule has 1 aliphatic carbocycles. The first-order valence-corrected chi connectivity index (χ1v) is 16.4. The van der Waals surface area contributed by atoms with Gasteiger partial charge in [0.1, 0.15) is 18.2 Å². The number of nitrogens with one attached hydrogen (secondary N) is 3. The van der Waals surface area contributed by atoms with Crippen molar-refractivity contribution in [2.24, 2.45) is 5.92 Å². The molecule has 1 aliphatic rings. The van der Waals surface area contributed by atoms with Crippen LogP contribution in [0.4, 0.5) is 0 Å². The quantitative estimate of drug-likeness (QED) is 0.109. The van der Waals surface area contributed by atoms with Gasteiger partial charge in [0.05, 0.1) is 32.0 Å². The first-order valence-electron chi connectivity index (χ1n) is 16.4. The molecular formula is C37H47N3O9. The Morgan fingerprint density at radius 2 is 1.31 bits per heavy atom. The van der Waals surface area contributed by atoms with Crippen molar-refractivity contribution in [2.75, 3.05) is 20.3 Å². The average molecular weight is 678 g/mol. The molecule has 0 spiro atoms. The highest BCUT2D eigenvalue weighted by Gasteiger charge is 2.43. The Labute approximate surface area is 286 Å². The zero-order valence-electron chi connectivity index (χ0n) is 28.0. The van der Waals surface area contributed by atoms with Crippen LogP contribution < -0.4 is 16.0 Å². The van der Waals surface area contributed by atoms with Gasteiger partial charge in [0.25, 0.3) is 11.8 Å². The number of carbonyl (C=O) groups is 3. The second-order valence-corrected chi connectivity index (χ2v) is 12.4. The molecule has 0 saturated carbocycles. The van der Waals surface area contributed by atoms with Crippen LogP contribution in [0.2, 0.25) is 0 Å². The first kappa shape index (κ1) is 37.6. The number of aliphatic hydroxyl groups is 3. The minimum Gasteiger partial charge on any atom is -0.390 e. The van der Waals surface area contributed by atoms with Crippen molar-refractivity contribution in [1.29, 1.82) is 0 Å². The van der Waals surface area contributed by atoms with Gasteiger partial charge >= 0.3 is 0 Å². The summed E-state index contributed by atoms with van der Waals surface area (Å²) in [7, 11) is 1.50. The summed E-state index contributed by atoms with van der Waals surface area (Å²) in [5, 5.41) is 42.2. The summed E-state index contributed by atoms with van der Waals surface area (Å²) in [5.74, 6) is -2.48. The summed E-state index contributed by atoms with van der Waals surface area (Å²) in [4.78, 5) is 40.6. The fourth-order valence-electron chi connectivity index (χ4n) is 5.68. The van der Waals surface area contributed by atoms with Gasteiger partial charge in [-0.25, -0.2) is 0 Å². The lowest BCUT2D eigenvalue weighted by atomic mass is 9.98. The minimum absolute atomic E-state index is 0.106. The molecule has 0 saturated heterocycles. The zero-order valence-corrected chi connectivity index (χ0v) is 28.0. The third-order valence-electron chi connectivity index (χ3n) is 8.39. The molecule has 3 amide bonds. The molecule has 12 nitrogen and oxygen atoms in total. The van der Waals surface area contributed by atoms with E-state index in [1.54, 1.807) is 74.5 Å². The molecule has 0 radical (unpaired) electrons. The predicted octanol–water partition coefficient (Wildman–Crippen LogP) is 1.56. The molecule has 0 fully saturated rings. The first-order chi connectivity index (χ1) is 23.6. The van der Waals surface area contributed by atoms with E-state index in [9.17, 15) is 29.7 Å². The number of methoxy groups -OCH3 is 1. The van der Waals surface area contributed by atoms with Crippen molar-refractivity contribution in [3.8, 4) is 0 Å². The second-order valence-electron chi connectivity index (χ2n) is 12.4. The van der Waals surface area contributed by atoms with Crippen LogP contribution in [0.5, 0.6) is 0 Å². The Balaban J connectivity index is 1.59. The van der Waals surface area contributed by atoms with Crippen molar-refractivity contribution in [2.45, 2.75) is 76.1 Å². The monoisotopic (exact) mass is 677 g/mol. The van der Waals surface area contributed by atoms with Crippen LogP contribution in [-0.2, 0) is 48.2 Å². The molecule has 0 aromatic heterocycles. The summed E-state index contributed by atoms with van der Waals surface area (Å²) in [6, 6.07) is 23.4. The molecule has 4 rings (SSSR count). The topological polar surface area (TPSA) is 176 Å². The summed E-state index contributed by atoms with van der Waals surface area (Å²) >= 11 is 0. The predicted molar refractivity (Wildman–Crippen MR) is 181 cm³/mol. The normalized spacial score (nSPS) is 18.5. The smallest absolute Gasteiger partial charge is 0.252 e. The van der Waals surface area contributed by atoms with E-state index >= 15 is 0 Å². The Hall–Kier alpha value is -4.17. The summed E-state index contributed by atoms with van der Waals surface area (Å²) < 4.78 is 16.9. The molecular weight excluding hydrogens is 630 g/mol. The molecule has 12 heteroatoms. The number of hydrogen-bond donors (Lipinski definition) is 6. The number of fused-ring (bicyclic) bond motifs is 1. The number of ether oxygens (including phenoxy) is 3. The van der Waals surface area contributed by atoms with E-state index in [1.807, 2.05) is 24.3 Å². The number of amides is 3. The highest BCUT2D eigenvalue weighted by atomic mass is 16.5. The molecule has 0 heterocycles. The van der Waals surface area contributed by atoms with Gasteiger partial charge in [0, 0.05) is 20.1 Å². The van der Waals surface area contributed by atoms with E-state index in [4.69, 9.17) is 14.2 Å². The Bertz CT molecular complexity index is 1490. The van der Waals surface area contributed by atoms with E-state index in [0.717, 1.165) is 11.1 Å². The van der Waals surface area contributed by atoms with E-state index in [-0.39, 0.29) is 32.3 Å². The number of benzene rings is 3. The molecule has 0 unspecified atom stereocenters. The highest BCUT2D eigenvalue weighted by molar-refractivity contribution is 5.90. The number of hydrogen-bond acceptors (Lipinski definition) is 9. The van der Waals surface area contributed by atoms with Crippen LogP contribution in [0.3, 0.4) is 0 Å². The maximum atomic E-state index is 13.9. The van der Waals surface area contributed by atoms with Crippen molar-refractivity contribution in [3.05, 3.63) is 107 Å². The largest absolute Gasteiger partial charge is 0.390 e. The van der Waals surface area contributed by atoms with Gasteiger partial charge < -0.3 is 45.5 Å². The standard InChI is InChI=1S/C37H47N3O9/c1-23(2)29(35(44)38-18-19-47-3)39-36(45)33(48-21-24-12-6-4-7-13-24)31(42)32(43)34(49-22-25-14-8-5-9-15-25)37(46)40-30-27-17-11-10-16-26(27)20-28(30)41/h4-17,23,28-34,41-43H,18-22H2,1-3H3,(H,38,44)(H,39,45)(H,40,46)/t28-,29+,30+,31-,32-,33-,34-/m1/s1. The third-order valence-corrected chi connectivity index (χ3v) is 8.39. The number of rotatable bonds is 18. The van der Waals surface area contributed by atoms with E-state index in [1.165, 1.54) is 7.11 Å². The van der Waals surface area contributed by atoms with Gasteiger partial charge in [0.2, 0.25) is 5.91 Å². The molecule has 3 aromatic carbocycles. The van der Waals surface area contributed by atoms with Crippen LogP contribution in [0, 0.1) is 5.92 Å². The van der Waals surface area contributed by atoms with Gasteiger partial charge in [0.15, 0.2) is 12.2 Å². The Kier molecular flexibility index (Phi) is 14.3. The maximum absolute atomic E-state index is 13.9. The van der Waals surface area contributed by atoms with Crippen molar-refractivity contribution < 1.29 is 43.9 Å². The summed E-state index contributed by atoms with van der Waals surface area (Å²) in [6.07, 6.45) is -7.97. The highest BCUT2D eigenvalue weighted by Crippen LogP contribution is 2.31. The lowest BCUT2D eigenvalue weighted by molar-refractivity contribution is -0.171. The van der Waals surface area contributed by atoms with Gasteiger partial charge in [-0.3, -0.25) is 14.4 Å². The Morgan fingerprint density at radius 3 is 1.86 bits per heavy atom. The van der Waals surface area contributed by atoms with Crippen molar-refractivity contribution in [3.63, 3.8) is 0 Å². The number of aliphatic hydroxyl groups excluding tert-OH is 3. The van der Waals surface area contributed by atoms with Crippen LogP contribution >= 0.6 is 0 Å². The Morgan fingerprint density at radius 1 is 0.776 bits per heavy atom. The van der Waals surface area contributed by atoms with Crippen molar-refractivity contribution >= 4 is 17.7 Å². The van der Waals surface area contributed by atoms with Crippen LogP contribution in [0.15, 0.2) is 84.9 Å². The zero-order chi connectivity index (χ0) is 35.3. The third kappa shape index (κ3) is 10.4. The SMILES string of the molecule is COCCNC(=O)[C@@H](NC(=O)[C@H](OCc1ccccc1)[C@H](O)[C@@H](O)[C@@H](OCc1ccccc1)C(=O)N[C@H]1c2ccccc2C[C@H]1O)C(C)C. The van der Waals surface area contributed by atoms with Crippen LogP contribution in [0.1, 0.15) is 42.1 Å². The summed E-state index contributed by atoms with van der Waals surface area (Å²) in [6.45, 7) is 3.76. The van der Waals surface area contributed by atoms with Gasteiger partial charge in [-0.1, -0.05) is 98.8 Å². The van der Waals surface area contributed by atoms with E-state index in [0.29, 0.717) is 17.5 Å². The lowest BCUT2D eigenvalue weighted by Gasteiger charge is -2.32. The van der Waals surface area contributed by atoms with Gasteiger partial charge in [-0.2, -0.15) is 0 Å². The fraction of sp³-hybridized carbons (Fsp3) is 0.432. The molecule has 7 atom stereocenters. The second kappa shape index (κ2) is 18.6. The van der Waals surface area contributed by atoms with Crippen LogP contribution in [-0.4, -0.2) is 89.9 Å². The maximum Gasteiger partial charge on any atom is 0.252 e. The van der Waals surface area contributed by atoms with Gasteiger partial charge in [-0.15, -0.1) is 0 Å². The molecule has 49 heavy (non-hydrogen) atoms. The minimum atomic E-state index is -1.99. The summed E-state index contributed by atoms with van der Waals surface area (Å²) in [5.41, 5.74) is 2.98. The molecule has 3 aromatic rings. The van der Waals surface area contributed by atoms with E-state index in [2.05, 4.69) is 16.0 Å². The van der Waals surface area contributed by atoms with Crippen molar-refractivity contribution in [1.82, 2.24) is 16.0 Å². The molecule has 0 aliphatic heterocycles. The number of carbonyl (C=O) groups excluding carboxylic acids is 3. The molecule has 6 N–H and O–H groups in total. The average Bonchev–Trinajstić information content (AvgIpc) is 3.42. The van der Waals surface area contributed by atoms with Gasteiger partial charge in [-0.05, 0) is 28.2 Å². The molecule has 0 bridgehead atoms. The fourth-order valence-corrected chi connectivity index (χ4v) is 5.68. The van der Waals surface area contributed by atoms with E-state index < -0.39 is 60.3 Å². The molecule has 264 valence electrons. The van der Waals surface area contributed by atoms with Crippen LogP contribution in [0.25, 0.3) is 0 Å².